The van der Waals surface area contributed by atoms with E-state index in [1.165, 1.54) is 7.11 Å². The van der Waals surface area contributed by atoms with Crippen LogP contribution < -0.4 is 16.4 Å². The molecule has 0 saturated heterocycles. The van der Waals surface area contributed by atoms with Gasteiger partial charge in [-0.25, -0.2) is 4.79 Å². The minimum atomic E-state index is -0.526. The van der Waals surface area contributed by atoms with E-state index in [9.17, 15) is 9.59 Å². The van der Waals surface area contributed by atoms with Crippen molar-refractivity contribution in [3.8, 4) is 0 Å². The molecule has 1 aromatic rings. The van der Waals surface area contributed by atoms with Crippen molar-refractivity contribution in [2.75, 3.05) is 24.7 Å². The number of hydrogen-bond acceptors (Lipinski definition) is 5. The second-order valence-corrected chi connectivity index (χ2v) is 5.05. The second-order valence-electron chi connectivity index (χ2n) is 5.05. The predicted molar refractivity (Wildman–Crippen MR) is 83.1 cm³/mol. The zero-order valence-electron chi connectivity index (χ0n) is 12.9. The number of nitrogens with one attached hydrogen (secondary N) is 2. The van der Waals surface area contributed by atoms with Gasteiger partial charge in [0.15, 0.2) is 0 Å². The summed E-state index contributed by atoms with van der Waals surface area (Å²) in [6.07, 6.45) is 0. The Kier molecular flexibility index (Phi) is 6.02. The van der Waals surface area contributed by atoms with Gasteiger partial charge < -0.3 is 21.1 Å². The molecule has 1 unspecified atom stereocenters. The monoisotopic (exact) mass is 293 g/mol. The lowest BCUT2D eigenvalue weighted by atomic mass is 10.0. The van der Waals surface area contributed by atoms with Crippen LogP contribution in [0.4, 0.5) is 11.4 Å². The van der Waals surface area contributed by atoms with Crippen LogP contribution in [0.2, 0.25) is 0 Å². The highest BCUT2D eigenvalue weighted by molar-refractivity contribution is 5.96. The molecular weight excluding hydrogens is 270 g/mol. The molecule has 6 heteroatoms. The van der Waals surface area contributed by atoms with Crippen LogP contribution >= 0.6 is 0 Å². The van der Waals surface area contributed by atoms with Gasteiger partial charge in [-0.1, -0.05) is 13.8 Å². The van der Waals surface area contributed by atoms with Crippen molar-refractivity contribution in [2.45, 2.75) is 26.8 Å². The maximum absolute atomic E-state index is 11.8. The van der Waals surface area contributed by atoms with Crippen molar-refractivity contribution in [3.63, 3.8) is 0 Å². The van der Waals surface area contributed by atoms with Gasteiger partial charge in [0.1, 0.15) is 6.04 Å². The van der Waals surface area contributed by atoms with Gasteiger partial charge in [0.25, 0.3) is 5.91 Å². The van der Waals surface area contributed by atoms with E-state index in [2.05, 4.69) is 10.6 Å². The first-order valence-electron chi connectivity index (χ1n) is 6.92. The van der Waals surface area contributed by atoms with Crippen molar-refractivity contribution >= 4 is 23.3 Å². The number of carbonyl (C=O) groups excluding carboxylic acids is 2. The maximum atomic E-state index is 11.8. The number of nitrogen functional groups attached to an aromatic ring is 1. The third-order valence-corrected chi connectivity index (χ3v) is 3.09. The minimum Gasteiger partial charge on any atom is -0.467 e. The molecule has 1 rings (SSSR count). The average molecular weight is 293 g/mol. The van der Waals surface area contributed by atoms with Crippen LogP contribution in [0.3, 0.4) is 0 Å². The van der Waals surface area contributed by atoms with E-state index >= 15 is 0 Å². The van der Waals surface area contributed by atoms with Gasteiger partial charge in [-0.05, 0) is 31.0 Å². The fraction of sp³-hybridized carbons (Fsp3) is 0.467. The molecule has 0 bridgehead atoms. The maximum Gasteiger partial charge on any atom is 0.328 e. The Bertz CT molecular complexity index is 515. The fourth-order valence-corrected chi connectivity index (χ4v) is 1.88. The highest BCUT2D eigenvalue weighted by Crippen LogP contribution is 2.23. The quantitative estimate of drug-likeness (QED) is 0.547. The van der Waals surface area contributed by atoms with Crippen LogP contribution in [0, 0.1) is 5.92 Å². The number of anilines is 2. The molecular formula is C15H23N3O3. The Balaban J connectivity index is 3.03. The average Bonchev–Trinajstić information content (AvgIpc) is 2.45. The van der Waals surface area contributed by atoms with Gasteiger partial charge in [0, 0.05) is 12.1 Å². The molecule has 1 atom stereocenters. The first kappa shape index (κ1) is 16.8. The van der Waals surface area contributed by atoms with Crippen LogP contribution in [0.15, 0.2) is 18.2 Å². The summed E-state index contributed by atoms with van der Waals surface area (Å²) >= 11 is 0. The molecule has 1 amide bonds. The van der Waals surface area contributed by atoms with Crippen molar-refractivity contribution in [3.05, 3.63) is 23.8 Å². The van der Waals surface area contributed by atoms with E-state index in [1.807, 2.05) is 20.8 Å². The molecule has 6 nitrogen and oxygen atoms in total. The number of rotatable bonds is 6. The van der Waals surface area contributed by atoms with Crippen molar-refractivity contribution in [1.29, 1.82) is 0 Å². The minimum absolute atomic E-state index is 0.0185. The summed E-state index contributed by atoms with van der Waals surface area (Å²) in [7, 11) is 1.34. The Hall–Kier alpha value is -2.24. The molecule has 0 saturated carbocycles. The summed E-state index contributed by atoms with van der Waals surface area (Å²) in [5.41, 5.74) is 7.41. The van der Waals surface area contributed by atoms with Gasteiger partial charge in [-0.3, -0.25) is 4.79 Å². The van der Waals surface area contributed by atoms with Gasteiger partial charge >= 0.3 is 5.97 Å². The molecule has 0 aliphatic rings. The van der Waals surface area contributed by atoms with Gasteiger partial charge in [-0.2, -0.15) is 0 Å². The summed E-state index contributed by atoms with van der Waals surface area (Å²) in [5.74, 6) is -0.530. The van der Waals surface area contributed by atoms with Gasteiger partial charge in [0.2, 0.25) is 0 Å². The lowest BCUT2D eigenvalue weighted by molar-refractivity contribution is -0.142. The molecule has 116 valence electrons. The first-order valence-corrected chi connectivity index (χ1v) is 6.92. The lowest BCUT2D eigenvalue weighted by Crippen LogP contribution is -2.35. The topological polar surface area (TPSA) is 93.5 Å². The van der Waals surface area contributed by atoms with Gasteiger partial charge in [-0.15, -0.1) is 0 Å². The Morgan fingerprint density at radius 3 is 2.52 bits per heavy atom. The number of nitrogens with two attached hydrogens (primary N) is 1. The SMILES string of the molecule is CCNC(=O)c1ccc(N)c(NC(C(=O)OC)C(C)C)c1. The highest BCUT2D eigenvalue weighted by atomic mass is 16.5. The molecule has 21 heavy (non-hydrogen) atoms. The normalized spacial score (nSPS) is 11.9. The van der Waals surface area contributed by atoms with Crippen molar-refractivity contribution in [1.82, 2.24) is 5.32 Å². The molecule has 4 N–H and O–H groups in total. The number of amides is 1. The van der Waals surface area contributed by atoms with Crippen LogP contribution in [-0.4, -0.2) is 31.6 Å². The molecule has 0 aliphatic carbocycles. The Labute approximate surface area is 125 Å². The smallest absolute Gasteiger partial charge is 0.328 e. The van der Waals surface area contributed by atoms with E-state index in [-0.39, 0.29) is 17.8 Å². The molecule has 0 heterocycles. The largest absolute Gasteiger partial charge is 0.467 e. The fourth-order valence-electron chi connectivity index (χ4n) is 1.88. The van der Waals surface area contributed by atoms with E-state index in [4.69, 9.17) is 10.5 Å². The van der Waals surface area contributed by atoms with Crippen LogP contribution in [0.25, 0.3) is 0 Å². The molecule has 0 aliphatic heterocycles. The lowest BCUT2D eigenvalue weighted by Gasteiger charge is -2.22. The standard InChI is InChI=1S/C15H23N3O3/c1-5-17-14(19)10-6-7-11(16)12(8-10)18-13(9(2)3)15(20)21-4/h6-9,13,18H,5,16H2,1-4H3,(H,17,19). The van der Waals surface area contributed by atoms with E-state index < -0.39 is 6.04 Å². The molecule has 1 aromatic carbocycles. The number of esters is 1. The first-order chi connectivity index (χ1) is 9.90. The number of methoxy groups -OCH3 is 1. The molecule has 0 fully saturated rings. The predicted octanol–water partition coefficient (Wildman–Crippen LogP) is 1.63. The van der Waals surface area contributed by atoms with Crippen LogP contribution in [0.5, 0.6) is 0 Å². The third-order valence-electron chi connectivity index (χ3n) is 3.09. The van der Waals surface area contributed by atoms with Crippen LogP contribution in [-0.2, 0) is 9.53 Å². The Morgan fingerprint density at radius 1 is 1.33 bits per heavy atom. The second kappa shape index (κ2) is 7.52. The summed E-state index contributed by atoms with van der Waals surface area (Å²) in [4.78, 5) is 23.6. The third kappa shape index (κ3) is 4.37. The van der Waals surface area contributed by atoms with Gasteiger partial charge in [0.05, 0.1) is 18.5 Å². The summed E-state index contributed by atoms with van der Waals surface area (Å²) < 4.78 is 4.78. The van der Waals surface area contributed by atoms with E-state index in [0.29, 0.717) is 23.5 Å². The number of hydrogen-bond donors (Lipinski definition) is 3. The number of carbonyl (C=O) groups is 2. The Morgan fingerprint density at radius 2 is 2.00 bits per heavy atom. The highest BCUT2D eigenvalue weighted by Gasteiger charge is 2.23. The van der Waals surface area contributed by atoms with E-state index in [1.54, 1.807) is 18.2 Å². The zero-order valence-corrected chi connectivity index (χ0v) is 12.9. The molecule has 0 radical (unpaired) electrons. The number of benzene rings is 1. The summed E-state index contributed by atoms with van der Waals surface area (Å²) in [6.45, 7) is 6.19. The van der Waals surface area contributed by atoms with E-state index in [0.717, 1.165) is 0 Å². The molecule has 0 aromatic heterocycles. The summed E-state index contributed by atoms with van der Waals surface area (Å²) in [6, 6.07) is 4.40. The van der Waals surface area contributed by atoms with Crippen LogP contribution in [0.1, 0.15) is 31.1 Å². The summed E-state index contributed by atoms with van der Waals surface area (Å²) in [5, 5.41) is 5.77. The van der Waals surface area contributed by atoms with Crippen molar-refractivity contribution in [2.24, 2.45) is 5.92 Å². The molecule has 0 spiro atoms. The van der Waals surface area contributed by atoms with Crippen molar-refractivity contribution < 1.29 is 14.3 Å². The number of ether oxygens (including phenoxy) is 1. The zero-order chi connectivity index (χ0) is 16.0.